The number of imidazole rings is 2. The number of fused-ring (bicyclic) bond motifs is 3. The molecule has 14 nitrogen and oxygen atoms in total. The quantitative estimate of drug-likeness (QED) is 0.145. The van der Waals surface area contributed by atoms with Gasteiger partial charge in [-0.05, 0) is 104 Å². The minimum absolute atomic E-state index is 0.0436. The van der Waals surface area contributed by atoms with Crippen LogP contribution >= 0.6 is 0 Å². The van der Waals surface area contributed by atoms with Crippen molar-refractivity contribution in [3.05, 3.63) is 72.3 Å². The van der Waals surface area contributed by atoms with Gasteiger partial charge in [0.1, 0.15) is 17.7 Å². The molecule has 1 aliphatic carbocycles. The lowest BCUT2D eigenvalue weighted by molar-refractivity contribution is -0.139. The number of aromatic amines is 2. The highest BCUT2D eigenvalue weighted by Crippen LogP contribution is 2.41. The Hall–Kier alpha value is -5.92. The summed E-state index contributed by atoms with van der Waals surface area (Å²) >= 11 is 0. The van der Waals surface area contributed by atoms with E-state index in [1.807, 2.05) is 21.9 Å². The maximum atomic E-state index is 13.6. The van der Waals surface area contributed by atoms with E-state index in [1.54, 1.807) is 0 Å². The van der Waals surface area contributed by atoms with Crippen molar-refractivity contribution < 1.29 is 28.7 Å². The number of methoxy groups -OCH3 is 2. The van der Waals surface area contributed by atoms with Crippen LogP contribution in [0.5, 0.6) is 0 Å². The molecular formula is C42H46N8O6. The van der Waals surface area contributed by atoms with Crippen molar-refractivity contribution >= 4 is 46.1 Å². The number of carbonyl (C=O) groups is 4. The zero-order valence-electron chi connectivity index (χ0n) is 31.5. The molecule has 4 amide bonds. The van der Waals surface area contributed by atoms with Crippen molar-refractivity contribution in [2.45, 2.75) is 88.0 Å². The normalized spacial score (nSPS) is 24.8. The predicted molar refractivity (Wildman–Crippen MR) is 208 cm³/mol. The molecule has 56 heavy (non-hydrogen) atoms. The van der Waals surface area contributed by atoms with Crippen LogP contribution in [0.4, 0.5) is 9.59 Å². The number of hydrogen-bond acceptors (Lipinski definition) is 8. The first-order chi connectivity index (χ1) is 27.3. The summed E-state index contributed by atoms with van der Waals surface area (Å²) in [6.07, 6.45) is 6.05. The third kappa shape index (κ3) is 6.60. The zero-order valence-corrected chi connectivity index (χ0v) is 31.5. The van der Waals surface area contributed by atoms with Gasteiger partial charge in [0.15, 0.2) is 0 Å². The summed E-state index contributed by atoms with van der Waals surface area (Å²) in [4.78, 5) is 71.4. The Balaban J connectivity index is 0.884. The minimum Gasteiger partial charge on any atom is -0.453 e. The predicted octanol–water partition coefficient (Wildman–Crippen LogP) is 6.51. The standard InChI is InChI=1S/C42H46N8O6/c1-55-41(53)43-28-12-9-27(20-28)39(51)49-19-3-4-35(49)37-44-30-15-10-25(21-33(30)46-37)23-5-7-24(8-6-23)26-11-16-31-34(22-26)47-38(45-31)36-18-14-29-13-17-32(40(52)50(29)36)48-42(54)56-2/h5-8,10-11,15-16,21-22,27-29,32,35-36H,3-4,9,12-14,17-20H2,1-2H3,(H,43,53)(H,44,46)(H,45,47)(H,48,54)/t27-,28+,29-,32-,35-,36-/m0/s1. The third-order valence-corrected chi connectivity index (χ3v) is 12.3. The molecule has 5 aromatic rings. The fourth-order valence-electron chi connectivity index (χ4n) is 9.47. The average Bonchev–Trinajstić information content (AvgIpc) is 4.07. The van der Waals surface area contributed by atoms with Gasteiger partial charge in [0, 0.05) is 24.5 Å². The Morgan fingerprint density at radius 1 is 0.696 bits per heavy atom. The van der Waals surface area contributed by atoms with Crippen LogP contribution in [-0.4, -0.2) is 92.6 Å². The van der Waals surface area contributed by atoms with E-state index >= 15 is 0 Å². The highest BCUT2D eigenvalue weighted by Gasteiger charge is 2.45. The molecule has 5 heterocycles. The Kier molecular flexibility index (Phi) is 9.34. The number of nitrogens with zero attached hydrogens (tertiary/aromatic N) is 4. The number of amides is 4. The van der Waals surface area contributed by atoms with Crippen LogP contribution in [0.1, 0.15) is 81.5 Å². The molecule has 3 aromatic carbocycles. The Morgan fingerprint density at radius 2 is 1.29 bits per heavy atom. The van der Waals surface area contributed by atoms with Gasteiger partial charge < -0.3 is 39.9 Å². The van der Waals surface area contributed by atoms with E-state index in [-0.39, 0.29) is 41.9 Å². The second-order valence-electron chi connectivity index (χ2n) is 15.6. The Bertz CT molecular complexity index is 2320. The lowest BCUT2D eigenvalue weighted by Crippen LogP contribution is -2.54. The summed E-state index contributed by atoms with van der Waals surface area (Å²) < 4.78 is 9.49. The average molecular weight is 759 g/mol. The molecule has 0 unspecified atom stereocenters. The Morgan fingerprint density at radius 3 is 1.93 bits per heavy atom. The van der Waals surface area contributed by atoms with Crippen molar-refractivity contribution in [3.63, 3.8) is 0 Å². The van der Waals surface area contributed by atoms with Gasteiger partial charge in [-0.2, -0.15) is 0 Å². The van der Waals surface area contributed by atoms with Crippen LogP contribution in [0.2, 0.25) is 0 Å². The number of likely N-dealkylation sites (tertiary alicyclic amines) is 1. The molecular weight excluding hydrogens is 713 g/mol. The fraction of sp³-hybridized carbons (Fsp3) is 0.429. The minimum atomic E-state index is -0.594. The number of hydrogen-bond donors (Lipinski definition) is 4. The number of rotatable bonds is 7. The van der Waals surface area contributed by atoms with Gasteiger partial charge in [0.2, 0.25) is 11.8 Å². The van der Waals surface area contributed by atoms with Crippen LogP contribution in [-0.2, 0) is 19.1 Å². The van der Waals surface area contributed by atoms with Gasteiger partial charge in [-0.1, -0.05) is 36.4 Å². The third-order valence-electron chi connectivity index (χ3n) is 12.3. The molecule has 9 rings (SSSR count). The lowest BCUT2D eigenvalue weighted by atomic mass is 9.98. The zero-order chi connectivity index (χ0) is 38.5. The number of carbonyl (C=O) groups excluding carboxylic acids is 4. The van der Waals surface area contributed by atoms with E-state index in [2.05, 4.69) is 69.1 Å². The van der Waals surface area contributed by atoms with E-state index in [0.29, 0.717) is 19.4 Å². The van der Waals surface area contributed by atoms with E-state index in [4.69, 9.17) is 19.4 Å². The van der Waals surface area contributed by atoms with Gasteiger partial charge in [-0.25, -0.2) is 19.6 Å². The second-order valence-corrected chi connectivity index (χ2v) is 15.6. The molecule has 1 saturated carbocycles. The summed E-state index contributed by atoms with van der Waals surface area (Å²) in [5.41, 5.74) is 7.81. The molecule has 3 aliphatic heterocycles. The summed E-state index contributed by atoms with van der Waals surface area (Å²) in [6.45, 7) is 0.705. The monoisotopic (exact) mass is 758 g/mol. The molecule has 0 spiro atoms. The summed E-state index contributed by atoms with van der Waals surface area (Å²) in [5, 5.41) is 5.55. The number of ether oxygens (including phenoxy) is 2. The maximum absolute atomic E-state index is 13.6. The van der Waals surface area contributed by atoms with Gasteiger partial charge in [0.05, 0.1) is 48.4 Å². The van der Waals surface area contributed by atoms with Gasteiger partial charge in [0.25, 0.3) is 0 Å². The van der Waals surface area contributed by atoms with Crippen molar-refractivity contribution in [1.82, 2.24) is 40.4 Å². The molecule has 2 aromatic heterocycles. The van der Waals surface area contributed by atoms with Gasteiger partial charge in [-0.15, -0.1) is 0 Å². The summed E-state index contributed by atoms with van der Waals surface area (Å²) in [7, 11) is 2.66. The highest BCUT2D eigenvalue weighted by molar-refractivity contribution is 5.88. The molecule has 0 bridgehead atoms. The van der Waals surface area contributed by atoms with Crippen molar-refractivity contribution in [2.75, 3.05) is 20.8 Å². The van der Waals surface area contributed by atoms with Crippen molar-refractivity contribution in [2.24, 2.45) is 5.92 Å². The number of nitrogens with one attached hydrogen (secondary N) is 4. The van der Waals surface area contributed by atoms with Gasteiger partial charge in [-0.3, -0.25) is 9.59 Å². The van der Waals surface area contributed by atoms with Crippen LogP contribution in [0.15, 0.2) is 60.7 Å². The number of aromatic nitrogens is 4. The van der Waals surface area contributed by atoms with Crippen molar-refractivity contribution in [1.29, 1.82) is 0 Å². The lowest BCUT2D eigenvalue weighted by Gasteiger charge is -2.37. The first-order valence-corrected chi connectivity index (χ1v) is 19.7. The smallest absolute Gasteiger partial charge is 0.407 e. The molecule has 4 aliphatic rings. The molecule has 3 saturated heterocycles. The van der Waals surface area contributed by atoms with Crippen LogP contribution < -0.4 is 10.6 Å². The number of H-pyrrole nitrogens is 2. The maximum Gasteiger partial charge on any atom is 0.407 e. The second kappa shape index (κ2) is 14.6. The summed E-state index contributed by atoms with van der Waals surface area (Å²) in [6, 6.07) is 20.1. The molecule has 14 heteroatoms. The van der Waals surface area contributed by atoms with E-state index in [9.17, 15) is 19.2 Å². The fourth-order valence-corrected chi connectivity index (χ4v) is 9.47. The molecule has 4 fully saturated rings. The number of benzene rings is 3. The number of piperidine rings is 1. The van der Waals surface area contributed by atoms with Crippen LogP contribution in [0.25, 0.3) is 44.3 Å². The molecule has 4 N–H and O–H groups in total. The number of alkyl carbamates (subject to hydrolysis) is 2. The van der Waals surface area contributed by atoms with E-state index in [1.165, 1.54) is 14.2 Å². The SMILES string of the molecule is COC(=O)N[C@@H]1CC[C@H](C(=O)N2CCC[C@H]2c2nc3ccc(-c4ccc(-c5ccc6nc([C@@H]7CC[C@@H]8CC[C@H](NC(=O)OC)C(=O)N87)[nH]c6c5)cc4)cc3[nH]2)C1. The topological polar surface area (TPSA) is 175 Å². The highest BCUT2D eigenvalue weighted by atomic mass is 16.5. The first kappa shape index (κ1) is 35.8. The summed E-state index contributed by atoms with van der Waals surface area (Å²) in [5.74, 6) is 1.52. The molecule has 290 valence electrons. The van der Waals surface area contributed by atoms with E-state index < -0.39 is 18.2 Å². The van der Waals surface area contributed by atoms with E-state index in [0.717, 1.165) is 101 Å². The van der Waals surface area contributed by atoms with Crippen LogP contribution in [0.3, 0.4) is 0 Å². The Labute approximate surface area is 323 Å². The van der Waals surface area contributed by atoms with Gasteiger partial charge >= 0.3 is 12.2 Å². The van der Waals surface area contributed by atoms with Crippen molar-refractivity contribution in [3.8, 4) is 22.3 Å². The molecule has 6 atom stereocenters. The first-order valence-electron chi connectivity index (χ1n) is 19.7. The van der Waals surface area contributed by atoms with Crippen LogP contribution in [0, 0.1) is 5.92 Å². The molecule has 0 radical (unpaired) electrons. The largest absolute Gasteiger partial charge is 0.453 e.